The first-order valence-electron chi connectivity index (χ1n) is 6.17. The van der Waals surface area contributed by atoms with E-state index in [1.807, 2.05) is 20.8 Å². The van der Waals surface area contributed by atoms with Crippen LogP contribution in [-0.4, -0.2) is 22.7 Å². The third-order valence-electron chi connectivity index (χ3n) is 2.18. The molecule has 0 aliphatic rings. The summed E-state index contributed by atoms with van der Waals surface area (Å²) in [5.74, 6) is -0.444. The lowest BCUT2D eigenvalue weighted by molar-refractivity contribution is -0.645. The molecule has 0 spiro atoms. The number of carbonyl (C=O) groups excluding carboxylic acids is 2. The number of imide groups is 1. The van der Waals surface area contributed by atoms with Crippen LogP contribution in [0, 0.1) is 5.21 Å². The van der Waals surface area contributed by atoms with Gasteiger partial charge in [0.05, 0.1) is 5.25 Å². The van der Waals surface area contributed by atoms with Crippen LogP contribution in [0.4, 0.5) is 4.79 Å². The lowest BCUT2D eigenvalue weighted by Gasteiger charge is -2.21. The van der Waals surface area contributed by atoms with E-state index in [1.54, 1.807) is 25.1 Å². The molecule has 1 atom stereocenters. The molecule has 0 fully saturated rings. The number of urea groups is 1. The van der Waals surface area contributed by atoms with Crippen molar-refractivity contribution >= 4 is 23.7 Å². The van der Waals surface area contributed by atoms with Gasteiger partial charge in [0.25, 0.3) is 5.03 Å². The first-order chi connectivity index (χ1) is 9.19. The van der Waals surface area contributed by atoms with Gasteiger partial charge in [0.15, 0.2) is 6.20 Å². The zero-order valence-electron chi connectivity index (χ0n) is 12.0. The van der Waals surface area contributed by atoms with Crippen molar-refractivity contribution in [3.05, 3.63) is 29.6 Å². The van der Waals surface area contributed by atoms with Crippen molar-refractivity contribution in [1.82, 2.24) is 10.6 Å². The van der Waals surface area contributed by atoms with Crippen molar-refractivity contribution in [2.45, 2.75) is 43.5 Å². The van der Waals surface area contributed by atoms with E-state index in [4.69, 9.17) is 0 Å². The van der Waals surface area contributed by atoms with Gasteiger partial charge in [-0.05, 0) is 45.5 Å². The van der Waals surface area contributed by atoms with Gasteiger partial charge in [-0.15, -0.1) is 0 Å². The summed E-state index contributed by atoms with van der Waals surface area (Å²) < 4.78 is 0.684. The maximum absolute atomic E-state index is 11.9. The molecule has 6 nitrogen and oxygen atoms in total. The Kier molecular flexibility index (Phi) is 5.38. The van der Waals surface area contributed by atoms with Gasteiger partial charge in [0.2, 0.25) is 5.91 Å². The maximum atomic E-state index is 11.9. The zero-order chi connectivity index (χ0) is 15.3. The normalized spacial score (nSPS) is 12.6. The number of rotatable bonds is 3. The fourth-order valence-electron chi connectivity index (χ4n) is 1.32. The van der Waals surface area contributed by atoms with Gasteiger partial charge in [-0.3, -0.25) is 10.1 Å². The van der Waals surface area contributed by atoms with Crippen molar-refractivity contribution in [2.24, 2.45) is 0 Å². The summed E-state index contributed by atoms with van der Waals surface area (Å²) >= 11 is 1.10. The third kappa shape index (κ3) is 5.48. The van der Waals surface area contributed by atoms with Crippen molar-refractivity contribution in [3.63, 3.8) is 0 Å². The molecule has 20 heavy (non-hydrogen) atoms. The highest BCUT2D eigenvalue weighted by Gasteiger charge is 2.22. The lowest BCUT2D eigenvalue weighted by atomic mass is 10.1. The van der Waals surface area contributed by atoms with Gasteiger partial charge in [-0.25, -0.2) is 4.79 Å². The Morgan fingerprint density at radius 2 is 2.00 bits per heavy atom. The van der Waals surface area contributed by atoms with Gasteiger partial charge in [0, 0.05) is 17.7 Å². The Bertz CT molecular complexity index is 500. The van der Waals surface area contributed by atoms with Crippen LogP contribution < -0.4 is 15.4 Å². The molecule has 2 N–H and O–H groups in total. The summed E-state index contributed by atoms with van der Waals surface area (Å²) in [5, 5.41) is 16.2. The number of nitrogens with one attached hydrogen (secondary N) is 2. The standard InChI is InChI=1S/C13H19N3O3S/c1-9(20-10-7-5-6-8-16(10)19)11(17)14-12(18)15-13(2,3)4/h5-9H,1-4H3,(H2,14,15,17,18)/t9-/m0/s1. The monoisotopic (exact) mass is 297 g/mol. The van der Waals surface area contributed by atoms with Crippen LogP contribution in [0.25, 0.3) is 0 Å². The molecule has 1 aromatic heterocycles. The predicted octanol–water partition coefficient (Wildman–Crippen LogP) is 1.42. The number of carbonyl (C=O) groups is 2. The van der Waals surface area contributed by atoms with E-state index >= 15 is 0 Å². The average molecular weight is 297 g/mol. The van der Waals surface area contributed by atoms with Crippen LogP contribution in [0.15, 0.2) is 29.4 Å². The number of hydrogen-bond acceptors (Lipinski definition) is 4. The molecule has 0 bridgehead atoms. The van der Waals surface area contributed by atoms with E-state index in [2.05, 4.69) is 10.6 Å². The number of aromatic nitrogens is 1. The van der Waals surface area contributed by atoms with E-state index in [0.29, 0.717) is 9.76 Å². The van der Waals surface area contributed by atoms with E-state index in [0.717, 1.165) is 11.8 Å². The minimum absolute atomic E-state index is 0.409. The van der Waals surface area contributed by atoms with Gasteiger partial charge >= 0.3 is 6.03 Å². The maximum Gasteiger partial charge on any atom is 0.321 e. The Morgan fingerprint density at radius 3 is 2.55 bits per heavy atom. The van der Waals surface area contributed by atoms with Crippen LogP contribution >= 0.6 is 11.8 Å². The van der Waals surface area contributed by atoms with Crippen LogP contribution in [-0.2, 0) is 4.79 Å². The second-order valence-electron chi connectivity index (χ2n) is 5.32. The molecule has 0 aromatic carbocycles. The third-order valence-corrected chi connectivity index (χ3v) is 3.31. The molecule has 1 heterocycles. The van der Waals surface area contributed by atoms with Gasteiger partial charge in [0.1, 0.15) is 0 Å². The van der Waals surface area contributed by atoms with Crippen LogP contribution in [0.3, 0.4) is 0 Å². The van der Waals surface area contributed by atoms with Crippen molar-refractivity contribution < 1.29 is 14.3 Å². The van der Waals surface area contributed by atoms with Gasteiger partial charge < -0.3 is 10.5 Å². The first kappa shape index (κ1) is 16.3. The molecule has 1 rings (SSSR count). The highest BCUT2D eigenvalue weighted by atomic mass is 32.2. The average Bonchev–Trinajstić information content (AvgIpc) is 2.29. The fourth-order valence-corrected chi connectivity index (χ4v) is 2.17. The highest BCUT2D eigenvalue weighted by molar-refractivity contribution is 8.00. The number of amides is 3. The molecule has 0 saturated heterocycles. The number of thioether (sulfide) groups is 1. The zero-order valence-corrected chi connectivity index (χ0v) is 12.8. The van der Waals surface area contributed by atoms with Crippen molar-refractivity contribution in [3.8, 4) is 0 Å². The molecule has 3 amide bonds. The van der Waals surface area contributed by atoms with E-state index in [9.17, 15) is 14.8 Å². The summed E-state index contributed by atoms with van der Waals surface area (Å²) in [6.07, 6.45) is 1.36. The largest absolute Gasteiger partial charge is 0.618 e. The fraction of sp³-hybridized carbons (Fsp3) is 0.462. The molecule has 0 aliphatic carbocycles. The summed E-state index contributed by atoms with van der Waals surface area (Å²) in [7, 11) is 0. The second-order valence-corrected chi connectivity index (χ2v) is 6.68. The lowest BCUT2D eigenvalue weighted by Crippen LogP contribution is -2.49. The van der Waals surface area contributed by atoms with Gasteiger partial charge in [-0.2, -0.15) is 4.73 Å². The SMILES string of the molecule is C[C@H](Sc1cccc[n+]1[O-])C(=O)NC(=O)NC(C)(C)C. The second kappa shape index (κ2) is 6.60. The highest BCUT2D eigenvalue weighted by Crippen LogP contribution is 2.19. The van der Waals surface area contributed by atoms with E-state index in [-0.39, 0.29) is 0 Å². The Labute approximate surface area is 122 Å². The summed E-state index contributed by atoms with van der Waals surface area (Å²) in [4.78, 5) is 23.4. The molecule has 0 aliphatic heterocycles. The van der Waals surface area contributed by atoms with E-state index < -0.39 is 22.7 Å². The first-order valence-corrected chi connectivity index (χ1v) is 7.05. The Morgan fingerprint density at radius 1 is 1.35 bits per heavy atom. The number of hydrogen-bond donors (Lipinski definition) is 2. The minimum Gasteiger partial charge on any atom is -0.618 e. The van der Waals surface area contributed by atoms with Crippen molar-refractivity contribution in [2.75, 3.05) is 0 Å². The summed E-state index contributed by atoms with van der Waals surface area (Å²) in [6.45, 7) is 7.09. The molecule has 0 unspecified atom stereocenters. The smallest absolute Gasteiger partial charge is 0.321 e. The molecule has 0 radical (unpaired) electrons. The topological polar surface area (TPSA) is 85.1 Å². The quantitative estimate of drug-likeness (QED) is 0.502. The molecule has 7 heteroatoms. The Balaban J connectivity index is 2.56. The van der Waals surface area contributed by atoms with Gasteiger partial charge in [-0.1, -0.05) is 0 Å². The Hall–Kier alpha value is -1.76. The number of nitrogens with zero attached hydrogens (tertiary/aromatic N) is 1. The summed E-state index contributed by atoms with van der Waals surface area (Å²) in [6, 6.07) is 4.40. The molecule has 1 aromatic rings. The molecular formula is C13H19N3O3S. The number of pyridine rings is 1. The summed E-state index contributed by atoms with van der Waals surface area (Å²) in [5.41, 5.74) is -0.418. The van der Waals surface area contributed by atoms with Crippen LogP contribution in [0.2, 0.25) is 0 Å². The predicted molar refractivity (Wildman–Crippen MR) is 77.1 cm³/mol. The molecular weight excluding hydrogens is 278 g/mol. The van der Waals surface area contributed by atoms with Crippen LogP contribution in [0.5, 0.6) is 0 Å². The van der Waals surface area contributed by atoms with Crippen molar-refractivity contribution in [1.29, 1.82) is 0 Å². The molecule has 110 valence electrons. The minimum atomic E-state index is -0.552. The van der Waals surface area contributed by atoms with E-state index in [1.165, 1.54) is 6.20 Å². The van der Waals surface area contributed by atoms with Crippen LogP contribution in [0.1, 0.15) is 27.7 Å². The molecule has 0 saturated carbocycles.